The molecule has 8 heteroatoms. The molecule has 0 aromatic heterocycles. The average Bonchev–Trinajstić information content (AvgIpc) is 2.80. The van der Waals surface area contributed by atoms with E-state index in [4.69, 9.17) is 0 Å². The first-order valence-corrected chi connectivity index (χ1v) is 11.6. The minimum absolute atomic E-state index is 0.0624. The van der Waals surface area contributed by atoms with Crippen LogP contribution in [-0.2, 0) is 21.4 Å². The van der Waals surface area contributed by atoms with E-state index in [1.165, 1.54) is 12.1 Å². The van der Waals surface area contributed by atoms with E-state index in [0.717, 1.165) is 5.56 Å². The molecule has 166 valence electrons. The van der Waals surface area contributed by atoms with Gasteiger partial charge in [-0.15, -0.1) is 0 Å². The van der Waals surface area contributed by atoms with E-state index < -0.39 is 15.9 Å². The van der Waals surface area contributed by atoms with Crippen LogP contribution in [0.25, 0.3) is 0 Å². The third-order valence-electron chi connectivity index (χ3n) is 4.74. The summed E-state index contributed by atoms with van der Waals surface area (Å²) >= 11 is 0. The molecule has 0 radical (unpaired) electrons. The van der Waals surface area contributed by atoms with Gasteiger partial charge < -0.3 is 10.2 Å². The van der Waals surface area contributed by atoms with Gasteiger partial charge in [0.25, 0.3) is 5.91 Å². The molecule has 3 aromatic rings. The van der Waals surface area contributed by atoms with E-state index in [2.05, 4.69) is 10.0 Å². The summed E-state index contributed by atoms with van der Waals surface area (Å²) in [6, 6.07) is 24.3. The maximum Gasteiger partial charge on any atom is 0.256 e. The summed E-state index contributed by atoms with van der Waals surface area (Å²) in [5.41, 5.74) is 1.74. The summed E-state index contributed by atoms with van der Waals surface area (Å²) in [7, 11) is -1.98. The number of para-hydroxylation sites is 1. The van der Waals surface area contributed by atoms with Crippen LogP contribution in [0.1, 0.15) is 22.3 Å². The number of benzene rings is 3. The first-order chi connectivity index (χ1) is 15.4. The van der Waals surface area contributed by atoms with Crippen LogP contribution in [0.15, 0.2) is 89.8 Å². The molecule has 2 N–H and O–H groups in total. The zero-order valence-corrected chi connectivity index (χ0v) is 18.5. The largest absolute Gasteiger partial charge is 0.337 e. The molecule has 2 amide bonds. The van der Waals surface area contributed by atoms with Gasteiger partial charge in [-0.2, -0.15) is 0 Å². The lowest BCUT2D eigenvalue weighted by Crippen LogP contribution is -2.29. The Morgan fingerprint density at radius 1 is 0.844 bits per heavy atom. The van der Waals surface area contributed by atoms with Crippen molar-refractivity contribution in [3.63, 3.8) is 0 Å². The highest BCUT2D eigenvalue weighted by Gasteiger charge is 2.18. The Morgan fingerprint density at radius 3 is 2.12 bits per heavy atom. The number of rotatable bonds is 9. The van der Waals surface area contributed by atoms with E-state index >= 15 is 0 Å². The number of hydrogen-bond acceptors (Lipinski definition) is 4. The lowest BCUT2D eigenvalue weighted by atomic mass is 10.1. The number of carbonyl (C=O) groups excluding carboxylic acids is 2. The van der Waals surface area contributed by atoms with Crippen LogP contribution in [0.3, 0.4) is 0 Å². The first-order valence-electron chi connectivity index (χ1n) is 10.1. The molecular weight excluding hydrogens is 426 g/mol. The summed E-state index contributed by atoms with van der Waals surface area (Å²) in [4.78, 5) is 27.1. The van der Waals surface area contributed by atoms with E-state index in [1.54, 1.807) is 54.4 Å². The standard InChI is InChI=1S/C24H25N3O4S/c1-27(18-19-10-4-2-5-11-19)24(29)21-14-8-9-15-22(21)26-23(28)16-17-25-32(30,31)20-12-6-3-7-13-20/h2-15,25H,16-18H2,1H3,(H,26,28). The molecule has 0 aliphatic heterocycles. The molecule has 0 spiro atoms. The van der Waals surface area contributed by atoms with Crippen molar-refractivity contribution in [2.24, 2.45) is 0 Å². The molecule has 7 nitrogen and oxygen atoms in total. The fourth-order valence-corrected chi connectivity index (χ4v) is 4.16. The Balaban J connectivity index is 1.59. The highest BCUT2D eigenvalue weighted by atomic mass is 32.2. The molecule has 0 atom stereocenters. The monoisotopic (exact) mass is 451 g/mol. The van der Waals surface area contributed by atoms with Gasteiger partial charge in [0.05, 0.1) is 16.1 Å². The van der Waals surface area contributed by atoms with Crippen molar-refractivity contribution in [1.29, 1.82) is 0 Å². The van der Waals surface area contributed by atoms with Crippen LogP contribution in [0.5, 0.6) is 0 Å². The fraction of sp³-hybridized carbons (Fsp3) is 0.167. The van der Waals surface area contributed by atoms with Crippen molar-refractivity contribution in [2.75, 3.05) is 18.9 Å². The van der Waals surface area contributed by atoms with Crippen LogP contribution >= 0.6 is 0 Å². The van der Waals surface area contributed by atoms with E-state index in [0.29, 0.717) is 17.8 Å². The number of nitrogens with zero attached hydrogens (tertiary/aromatic N) is 1. The Kier molecular flexibility index (Phi) is 7.75. The Labute approximate surface area is 188 Å². The summed E-state index contributed by atoms with van der Waals surface area (Å²) < 4.78 is 26.9. The molecular formula is C24H25N3O4S. The highest BCUT2D eigenvalue weighted by molar-refractivity contribution is 7.89. The van der Waals surface area contributed by atoms with Crippen LogP contribution in [-0.4, -0.2) is 38.7 Å². The number of anilines is 1. The van der Waals surface area contributed by atoms with Gasteiger partial charge in [-0.1, -0.05) is 60.7 Å². The van der Waals surface area contributed by atoms with E-state index in [-0.39, 0.29) is 23.8 Å². The number of amides is 2. The third kappa shape index (κ3) is 6.26. The number of sulfonamides is 1. The summed E-state index contributed by atoms with van der Waals surface area (Å²) in [6.07, 6.45) is -0.0750. The molecule has 3 rings (SSSR count). The molecule has 0 aliphatic carbocycles. The first kappa shape index (κ1) is 23.2. The second kappa shape index (κ2) is 10.7. The van der Waals surface area contributed by atoms with Crippen LogP contribution in [0.4, 0.5) is 5.69 Å². The SMILES string of the molecule is CN(Cc1ccccc1)C(=O)c1ccccc1NC(=O)CCNS(=O)(=O)c1ccccc1. The van der Waals surface area contributed by atoms with Crippen LogP contribution in [0, 0.1) is 0 Å². The van der Waals surface area contributed by atoms with Crippen molar-refractivity contribution in [3.8, 4) is 0 Å². The number of carbonyl (C=O) groups is 2. The van der Waals surface area contributed by atoms with Gasteiger partial charge in [-0.25, -0.2) is 13.1 Å². The lowest BCUT2D eigenvalue weighted by molar-refractivity contribution is -0.116. The molecule has 0 unspecified atom stereocenters. The maximum atomic E-state index is 12.9. The van der Waals surface area contributed by atoms with Gasteiger partial charge in [-0.05, 0) is 29.8 Å². The van der Waals surface area contributed by atoms with Crippen molar-refractivity contribution < 1.29 is 18.0 Å². The van der Waals surface area contributed by atoms with Crippen LogP contribution < -0.4 is 10.0 Å². The van der Waals surface area contributed by atoms with Gasteiger partial charge in [-0.3, -0.25) is 9.59 Å². The van der Waals surface area contributed by atoms with Gasteiger partial charge in [0.2, 0.25) is 15.9 Å². The molecule has 32 heavy (non-hydrogen) atoms. The van der Waals surface area contributed by atoms with Gasteiger partial charge in [0.15, 0.2) is 0 Å². The molecule has 0 saturated heterocycles. The molecule has 0 bridgehead atoms. The van der Waals surface area contributed by atoms with Crippen molar-refractivity contribution in [1.82, 2.24) is 9.62 Å². The molecule has 0 saturated carbocycles. The molecule has 0 fully saturated rings. The van der Waals surface area contributed by atoms with E-state index in [1.807, 2.05) is 30.3 Å². The third-order valence-corrected chi connectivity index (χ3v) is 6.22. The minimum Gasteiger partial charge on any atom is -0.337 e. The normalized spacial score (nSPS) is 11.0. The second-order valence-corrected chi connectivity index (χ2v) is 8.97. The van der Waals surface area contributed by atoms with E-state index in [9.17, 15) is 18.0 Å². The predicted molar refractivity (Wildman–Crippen MR) is 124 cm³/mol. The molecule has 0 heterocycles. The quantitative estimate of drug-likeness (QED) is 0.522. The topological polar surface area (TPSA) is 95.6 Å². The van der Waals surface area contributed by atoms with Gasteiger partial charge in [0, 0.05) is 26.6 Å². The summed E-state index contributed by atoms with van der Waals surface area (Å²) in [5.74, 6) is -0.624. The lowest BCUT2D eigenvalue weighted by Gasteiger charge is -2.19. The van der Waals surface area contributed by atoms with Crippen molar-refractivity contribution in [3.05, 3.63) is 96.1 Å². The minimum atomic E-state index is -3.68. The predicted octanol–water partition coefficient (Wildman–Crippen LogP) is 3.27. The fourth-order valence-electron chi connectivity index (χ4n) is 3.11. The Bertz CT molecular complexity index is 1170. The Morgan fingerprint density at radius 2 is 1.44 bits per heavy atom. The van der Waals surface area contributed by atoms with Crippen LogP contribution in [0.2, 0.25) is 0 Å². The number of nitrogens with one attached hydrogen (secondary N) is 2. The Hall–Kier alpha value is -3.49. The molecule has 0 aliphatic rings. The van der Waals surface area contributed by atoms with Crippen molar-refractivity contribution in [2.45, 2.75) is 17.9 Å². The zero-order chi connectivity index (χ0) is 23.0. The second-order valence-electron chi connectivity index (χ2n) is 7.20. The maximum absolute atomic E-state index is 12.9. The summed E-state index contributed by atoms with van der Waals surface area (Å²) in [6.45, 7) is 0.371. The van der Waals surface area contributed by atoms with Gasteiger partial charge in [0.1, 0.15) is 0 Å². The molecule has 3 aromatic carbocycles. The smallest absolute Gasteiger partial charge is 0.256 e. The average molecular weight is 452 g/mol. The zero-order valence-electron chi connectivity index (χ0n) is 17.7. The highest BCUT2D eigenvalue weighted by Crippen LogP contribution is 2.18. The van der Waals surface area contributed by atoms with Crippen molar-refractivity contribution >= 4 is 27.5 Å². The van der Waals surface area contributed by atoms with Gasteiger partial charge >= 0.3 is 0 Å². The summed E-state index contributed by atoms with van der Waals surface area (Å²) in [5, 5.41) is 2.71. The number of hydrogen-bond donors (Lipinski definition) is 2.